The molecule has 0 heterocycles. The molecule has 88 valence electrons. The fraction of sp³-hybridized carbons (Fsp3) is 0.909. The molecule has 1 atom stereocenters. The van der Waals surface area contributed by atoms with Gasteiger partial charge in [0, 0.05) is 25.6 Å². The van der Waals surface area contributed by atoms with Gasteiger partial charge in [-0.2, -0.15) is 0 Å². The molecule has 1 aliphatic carbocycles. The van der Waals surface area contributed by atoms with E-state index in [1.165, 1.54) is 19.3 Å². The van der Waals surface area contributed by atoms with Crippen molar-refractivity contribution in [2.75, 3.05) is 19.6 Å². The van der Waals surface area contributed by atoms with E-state index < -0.39 is 0 Å². The van der Waals surface area contributed by atoms with Crippen LogP contribution in [0.2, 0.25) is 0 Å². The molecule has 4 N–H and O–H groups in total. The maximum atomic E-state index is 11.3. The van der Waals surface area contributed by atoms with Crippen LogP contribution in [0.4, 0.5) is 0 Å². The summed E-state index contributed by atoms with van der Waals surface area (Å²) in [6.07, 6.45) is 4.48. The van der Waals surface area contributed by atoms with Crippen LogP contribution in [0.25, 0.3) is 0 Å². The number of nitrogens with two attached hydrogens (primary N) is 1. The maximum absolute atomic E-state index is 11.3. The predicted octanol–water partition coefficient (Wildman–Crippen LogP) is 0.230. The van der Waals surface area contributed by atoms with E-state index in [1.54, 1.807) is 0 Å². The maximum Gasteiger partial charge on any atom is 0.221 e. The number of nitrogens with one attached hydrogen (secondary N) is 2. The highest BCUT2D eigenvalue weighted by Gasteiger charge is 2.21. The molecule has 1 saturated carbocycles. The van der Waals surface area contributed by atoms with Crippen LogP contribution in [-0.4, -0.2) is 31.6 Å². The topological polar surface area (TPSA) is 67.2 Å². The molecule has 1 aliphatic rings. The molecule has 0 aromatic rings. The van der Waals surface area contributed by atoms with Crippen LogP contribution in [0.1, 0.15) is 32.6 Å². The summed E-state index contributed by atoms with van der Waals surface area (Å²) < 4.78 is 0. The first kappa shape index (κ1) is 12.5. The molecule has 1 unspecified atom stereocenters. The second-order valence-electron chi connectivity index (χ2n) is 4.28. The molecule has 1 rings (SSSR count). The Bertz CT molecular complexity index is 192. The molecular weight excluding hydrogens is 190 g/mol. The van der Waals surface area contributed by atoms with Gasteiger partial charge >= 0.3 is 0 Å². The minimum atomic E-state index is 0.0897. The van der Waals surface area contributed by atoms with Crippen LogP contribution >= 0.6 is 0 Å². The second-order valence-corrected chi connectivity index (χ2v) is 4.28. The van der Waals surface area contributed by atoms with Crippen LogP contribution in [0, 0.1) is 5.92 Å². The lowest BCUT2D eigenvalue weighted by molar-refractivity contribution is -0.121. The molecule has 1 amide bonds. The summed E-state index contributed by atoms with van der Waals surface area (Å²) in [4.78, 5) is 11.3. The minimum absolute atomic E-state index is 0.0897. The molecular formula is C11H23N3O. The quantitative estimate of drug-likeness (QED) is 0.541. The Labute approximate surface area is 92.0 Å². The molecule has 1 fully saturated rings. The van der Waals surface area contributed by atoms with Crippen molar-refractivity contribution in [1.82, 2.24) is 10.6 Å². The Kier molecular flexibility index (Phi) is 5.65. The molecule has 0 radical (unpaired) electrons. The Morgan fingerprint density at radius 1 is 1.53 bits per heavy atom. The summed E-state index contributed by atoms with van der Waals surface area (Å²) in [5, 5.41) is 6.13. The van der Waals surface area contributed by atoms with Crippen molar-refractivity contribution >= 4 is 5.91 Å². The van der Waals surface area contributed by atoms with Crippen molar-refractivity contribution < 1.29 is 4.79 Å². The number of carbonyl (C=O) groups excluding carboxylic acids is 1. The minimum Gasteiger partial charge on any atom is -0.356 e. The summed E-state index contributed by atoms with van der Waals surface area (Å²) in [7, 11) is 0. The highest BCUT2D eigenvalue weighted by Crippen LogP contribution is 2.31. The largest absolute Gasteiger partial charge is 0.356 e. The first-order chi connectivity index (χ1) is 7.26. The van der Waals surface area contributed by atoms with Crippen molar-refractivity contribution in [1.29, 1.82) is 0 Å². The van der Waals surface area contributed by atoms with E-state index in [0.717, 1.165) is 12.5 Å². The van der Waals surface area contributed by atoms with E-state index in [-0.39, 0.29) is 11.9 Å². The number of amides is 1. The van der Waals surface area contributed by atoms with Crippen LogP contribution in [-0.2, 0) is 4.79 Å². The van der Waals surface area contributed by atoms with Gasteiger partial charge in [0.05, 0.1) is 0 Å². The lowest BCUT2D eigenvalue weighted by Crippen LogP contribution is -2.41. The molecule has 0 aromatic heterocycles. The number of carbonyl (C=O) groups is 1. The van der Waals surface area contributed by atoms with Crippen LogP contribution in [0.5, 0.6) is 0 Å². The molecule has 0 bridgehead atoms. The monoisotopic (exact) mass is 213 g/mol. The zero-order chi connectivity index (χ0) is 11.1. The van der Waals surface area contributed by atoms with Crippen molar-refractivity contribution in [3.63, 3.8) is 0 Å². The van der Waals surface area contributed by atoms with Crippen molar-refractivity contribution in [2.45, 2.75) is 38.6 Å². The second kappa shape index (κ2) is 6.80. The van der Waals surface area contributed by atoms with Crippen molar-refractivity contribution in [3.8, 4) is 0 Å². The van der Waals surface area contributed by atoms with Gasteiger partial charge in [0.1, 0.15) is 0 Å². The van der Waals surface area contributed by atoms with Crippen molar-refractivity contribution in [2.24, 2.45) is 11.7 Å². The van der Waals surface area contributed by atoms with Crippen molar-refractivity contribution in [3.05, 3.63) is 0 Å². The zero-order valence-electron chi connectivity index (χ0n) is 9.59. The lowest BCUT2D eigenvalue weighted by Gasteiger charge is -2.16. The van der Waals surface area contributed by atoms with Gasteiger partial charge in [0.15, 0.2) is 0 Å². The van der Waals surface area contributed by atoms with Gasteiger partial charge in [0.25, 0.3) is 0 Å². The smallest absolute Gasteiger partial charge is 0.221 e. The van der Waals surface area contributed by atoms with Gasteiger partial charge in [-0.15, -0.1) is 0 Å². The van der Waals surface area contributed by atoms with E-state index in [4.69, 9.17) is 5.73 Å². The van der Waals surface area contributed by atoms with Gasteiger partial charge in [-0.25, -0.2) is 0 Å². The Hall–Kier alpha value is -0.610. The third kappa shape index (κ3) is 5.74. The van der Waals surface area contributed by atoms with E-state index in [0.29, 0.717) is 19.5 Å². The highest BCUT2D eigenvalue weighted by molar-refractivity contribution is 5.76. The molecule has 4 heteroatoms. The van der Waals surface area contributed by atoms with Gasteiger partial charge < -0.3 is 16.4 Å². The van der Waals surface area contributed by atoms with E-state index >= 15 is 0 Å². The standard InChI is InChI=1S/C11H23N3O/c1-2-13-11(15)7-10(8-12)14-6-5-9-3-4-9/h9-10,14H,2-8,12H2,1H3,(H,13,15). The fourth-order valence-corrected chi connectivity index (χ4v) is 1.63. The average molecular weight is 213 g/mol. The number of rotatable bonds is 8. The Morgan fingerprint density at radius 3 is 2.80 bits per heavy atom. The third-order valence-corrected chi connectivity index (χ3v) is 2.77. The molecule has 4 nitrogen and oxygen atoms in total. The summed E-state index contributed by atoms with van der Waals surface area (Å²) >= 11 is 0. The van der Waals surface area contributed by atoms with E-state index in [1.807, 2.05) is 6.92 Å². The molecule has 0 aromatic carbocycles. The Balaban J connectivity index is 2.07. The molecule has 15 heavy (non-hydrogen) atoms. The van der Waals surface area contributed by atoms with Gasteiger partial charge in [-0.1, -0.05) is 12.8 Å². The first-order valence-corrected chi connectivity index (χ1v) is 5.96. The van der Waals surface area contributed by atoms with E-state index in [2.05, 4.69) is 10.6 Å². The third-order valence-electron chi connectivity index (χ3n) is 2.77. The molecule has 0 aliphatic heterocycles. The van der Waals surface area contributed by atoms with Gasteiger partial charge in [-0.05, 0) is 25.8 Å². The number of hydrogen-bond acceptors (Lipinski definition) is 3. The Morgan fingerprint density at radius 2 is 2.27 bits per heavy atom. The molecule has 0 saturated heterocycles. The highest BCUT2D eigenvalue weighted by atomic mass is 16.1. The average Bonchev–Trinajstić information content (AvgIpc) is 3.00. The van der Waals surface area contributed by atoms with Gasteiger partial charge in [-0.3, -0.25) is 4.79 Å². The molecule has 0 spiro atoms. The first-order valence-electron chi connectivity index (χ1n) is 5.96. The summed E-state index contributed by atoms with van der Waals surface area (Å²) in [5.74, 6) is 1.02. The number of hydrogen-bond donors (Lipinski definition) is 3. The van der Waals surface area contributed by atoms with Crippen LogP contribution in [0.15, 0.2) is 0 Å². The summed E-state index contributed by atoms with van der Waals surface area (Å²) in [6, 6.07) is 0.135. The SMILES string of the molecule is CCNC(=O)CC(CN)NCCC1CC1. The summed E-state index contributed by atoms with van der Waals surface area (Å²) in [5.41, 5.74) is 5.61. The van der Waals surface area contributed by atoms with Crippen LogP contribution in [0.3, 0.4) is 0 Å². The predicted molar refractivity (Wildman–Crippen MR) is 61.5 cm³/mol. The summed E-state index contributed by atoms with van der Waals surface area (Å²) in [6.45, 7) is 4.14. The zero-order valence-corrected chi connectivity index (χ0v) is 9.59. The lowest BCUT2D eigenvalue weighted by atomic mass is 10.2. The van der Waals surface area contributed by atoms with E-state index in [9.17, 15) is 4.79 Å². The van der Waals surface area contributed by atoms with Gasteiger partial charge in [0.2, 0.25) is 5.91 Å². The van der Waals surface area contributed by atoms with Crippen LogP contribution < -0.4 is 16.4 Å². The normalized spacial score (nSPS) is 17.5. The fourth-order valence-electron chi connectivity index (χ4n) is 1.63.